The Hall–Kier alpha value is -4.07. The number of ether oxygens (including phenoxy) is 3. The number of hydrogen-bond acceptors (Lipinski definition) is 9. The Morgan fingerprint density at radius 2 is 1.82 bits per heavy atom. The zero-order valence-corrected chi connectivity index (χ0v) is 21.1. The first-order valence-corrected chi connectivity index (χ1v) is 11.9. The molecule has 0 unspecified atom stereocenters. The fourth-order valence-corrected chi connectivity index (χ4v) is 4.06. The SMILES string of the molecule is CCOc1cc(/C=C2/SC(=O)N(CC(=O)OC(C)C)C2=O)ccc1Oc1ccc(C(F)(F)F)cc1[N+](=O)[O-]. The van der Waals surface area contributed by atoms with Crippen LogP contribution in [0.5, 0.6) is 17.2 Å². The number of amides is 2. The van der Waals surface area contributed by atoms with Gasteiger partial charge in [0.25, 0.3) is 11.1 Å². The molecule has 2 aromatic carbocycles. The number of rotatable bonds is 9. The van der Waals surface area contributed by atoms with Crippen molar-refractivity contribution < 1.29 is 46.7 Å². The highest BCUT2D eigenvalue weighted by atomic mass is 32.2. The zero-order valence-electron chi connectivity index (χ0n) is 20.2. The monoisotopic (exact) mass is 554 g/mol. The third kappa shape index (κ3) is 6.82. The van der Waals surface area contributed by atoms with Crippen molar-refractivity contribution in [2.75, 3.05) is 13.2 Å². The van der Waals surface area contributed by atoms with Gasteiger partial charge in [-0.2, -0.15) is 13.2 Å². The van der Waals surface area contributed by atoms with Gasteiger partial charge in [-0.15, -0.1) is 0 Å². The molecule has 0 saturated carbocycles. The molecule has 1 aliphatic rings. The lowest BCUT2D eigenvalue weighted by atomic mass is 10.1. The summed E-state index contributed by atoms with van der Waals surface area (Å²) in [4.78, 5) is 48.0. The van der Waals surface area contributed by atoms with Crippen molar-refractivity contribution >= 4 is 40.6 Å². The van der Waals surface area contributed by atoms with Gasteiger partial charge in [0.2, 0.25) is 5.75 Å². The van der Waals surface area contributed by atoms with Crippen molar-refractivity contribution in [3.05, 3.63) is 62.5 Å². The molecule has 0 atom stereocenters. The highest BCUT2D eigenvalue weighted by Gasteiger charge is 2.37. The minimum atomic E-state index is -4.78. The third-order valence-electron chi connectivity index (χ3n) is 4.80. The number of thioether (sulfide) groups is 1. The maximum atomic E-state index is 13.0. The normalized spacial score (nSPS) is 14.8. The molecule has 0 spiro atoms. The van der Waals surface area contributed by atoms with Crippen molar-refractivity contribution in [1.29, 1.82) is 0 Å². The number of nitrogens with zero attached hydrogens (tertiary/aromatic N) is 2. The molecular formula is C24H21F3N2O8S. The molecule has 10 nitrogen and oxygen atoms in total. The summed E-state index contributed by atoms with van der Waals surface area (Å²) >= 11 is 0.624. The predicted molar refractivity (Wildman–Crippen MR) is 130 cm³/mol. The molecule has 2 amide bonds. The number of esters is 1. The topological polar surface area (TPSA) is 125 Å². The number of alkyl halides is 3. The molecule has 38 heavy (non-hydrogen) atoms. The second-order valence-electron chi connectivity index (χ2n) is 7.99. The Morgan fingerprint density at radius 3 is 2.42 bits per heavy atom. The fraction of sp³-hybridized carbons (Fsp3) is 0.292. The van der Waals surface area contributed by atoms with E-state index in [9.17, 15) is 37.7 Å². The lowest BCUT2D eigenvalue weighted by Gasteiger charge is -2.14. The van der Waals surface area contributed by atoms with Crippen LogP contribution < -0.4 is 9.47 Å². The molecule has 0 N–H and O–H groups in total. The van der Waals surface area contributed by atoms with E-state index in [1.165, 1.54) is 24.3 Å². The number of halogens is 3. The zero-order chi connectivity index (χ0) is 28.2. The average molecular weight is 554 g/mol. The van der Waals surface area contributed by atoms with Crippen LogP contribution in [0.15, 0.2) is 41.3 Å². The summed E-state index contributed by atoms with van der Waals surface area (Å²) in [5.41, 5.74) is -1.71. The Balaban J connectivity index is 1.88. The smallest absolute Gasteiger partial charge is 0.416 e. The van der Waals surface area contributed by atoms with Gasteiger partial charge in [0.15, 0.2) is 11.5 Å². The Morgan fingerprint density at radius 1 is 1.13 bits per heavy atom. The maximum absolute atomic E-state index is 13.0. The highest BCUT2D eigenvalue weighted by molar-refractivity contribution is 8.18. The maximum Gasteiger partial charge on any atom is 0.416 e. The van der Waals surface area contributed by atoms with Crippen molar-refractivity contribution in [3.63, 3.8) is 0 Å². The van der Waals surface area contributed by atoms with Gasteiger partial charge in [-0.05, 0) is 68.4 Å². The van der Waals surface area contributed by atoms with Gasteiger partial charge in [-0.1, -0.05) is 6.07 Å². The molecule has 1 aliphatic heterocycles. The van der Waals surface area contributed by atoms with Crippen LogP contribution in [0.2, 0.25) is 0 Å². The van der Waals surface area contributed by atoms with Crippen molar-refractivity contribution in [1.82, 2.24) is 4.90 Å². The average Bonchev–Trinajstić information content (AvgIpc) is 3.07. The van der Waals surface area contributed by atoms with Gasteiger partial charge in [0.1, 0.15) is 6.54 Å². The standard InChI is InChI=1S/C24H21F3N2O8S/c1-4-35-19-9-14(10-20-22(31)28(23(32)38-20)12-21(30)36-13(2)3)5-7-18(19)37-17-8-6-15(24(25,26)27)11-16(17)29(33)34/h5-11,13H,4,12H2,1-3H3/b20-10+. The molecule has 3 rings (SSSR count). The Bertz CT molecular complexity index is 1310. The molecule has 0 radical (unpaired) electrons. The van der Waals surface area contributed by atoms with E-state index in [4.69, 9.17) is 14.2 Å². The molecule has 14 heteroatoms. The van der Waals surface area contributed by atoms with E-state index in [2.05, 4.69) is 0 Å². The van der Waals surface area contributed by atoms with E-state index in [1.807, 2.05) is 0 Å². The van der Waals surface area contributed by atoms with Crippen LogP contribution in [0.25, 0.3) is 6.08 Å². The van der Waals surface area contributed by atoms with E-state index in [-0.39, 0.29) is 23.0 Å². The van der Waals surface area contributed by atoms with Gasteiger partial charge >= 0.3 is 17.8 Å². The number of imide groups is 1. The molecule has 1 heterocycles. The van der Waals surface area contributed by atoms with Crippen LogP contribution >= 0.6 is 11.8 Å². The number of benzene rings is 2. The quantitative estimate of drug-likeness (QED) is 0.164. The van der Waals surface area contributed by atoms with E-state index in [0.29, 0.717) is 29.5 Å². The van der Waals surface area contributed by atoms with Gasteiger partial charge in [-0.3, -0.25) is 29.4 Å². The first-order chi connectivity index (χ1) is 17.8. The third-order valence-corrected chi connectivity index (χ3v) is 5.70. The van der Waals surface area contributed by atoms with E-state index >= 15 is 0 Å². The summed E-state index contributed by atoms with van der Waals surface area (Å²) in [5, 5.41) is 10.7. The van der Waals surface area contributed by atoms with Gasteiger partial charge < -0.3 is 14.2 Å². The van der Waals surface area contributed by atoms with E-state index < -0.39 is 57.9 Å². The fourth-order valence-electron chi connectivity index (χ4n) is 3.23. The summed E-state index contributed by atoms with van der Waals surface area (Å²) in [6.07, 6.45) is -3.82. The van der Waals surface area contributed by atoms with Crippen LogP contribution in [0, 0.1) is 10.1 Å². The molecule has 202 valence electrons. The van der Waals surface area contributed by atoms with Gasteiger partial charge in [0.05, 0.1) is 28.1 Å². The number of carbonyl (C=O) groups excluding carboxylic acids is 3. The lowest BCUT2D eigenvalue weighted by molar-refractivity contribution is -0.385. The number of carbonyl (C=O) groups is 3. The minimum Gasteiger partial charge on any atom is -0.490 e. The predicted octanol–water partition coefficient (Wildman–Crippen LogP) is 5.79. The number of nitro benzene ring substituents is 1. The summed E-state index contributed by atoms with van der Waals surface area (Å²) in [5.74, 6) is -1.82. The van der Waals surface area contributed by atoms with Crippen LogP contribution in [0.1, 0.15) is 31.9 Å². The van der Waals surface area contributed by atoms with Crippen LogP contribution in [-0.2, 0) is 20.5 Å². The second kappa shape index (κ2) is 11.5. The molecule has 0 aliphatic carbocycles. The minimum absolute atomic E-state index is 0.0295. The van der Waals surface area contributed by atoms with Crippen molar-refractivity contribution in [2.24, 2.45) is 0 Å². The van der Waals surface area contributed by atoms with Crippen LogP contribution in [0.4, 0.5) is 23.7 Å². The van der Waals surface area contributed by atoms with E-state index in [1.54, 1.807) is 20.8 Å². The molecule has 1 fully saturated rings. The molecule has 0 aromatic heterocycles. The van der Waals surface area contributed by atoms with Crippen molar-refractivity contribution in [2.45, 2.75) is 33.1 Å². The largest absolute Gasteiger partial charge is 0.490 e. The lowest BCUT2D eigenvalue weighted by Crippen LogP contribution is -2.35. The number of hydrogen-bond donors (Lipinski definition) is 0. The van der Waals surface area contributed by atoms with Crippen LogP contribution in [-0.4, -0.2) is 46.2 Å². The first-order valence-electron chi connectivity index (χ1n) is 11.0. The molecule has 0 bridgehead atoms. The summed E-state index contributed by atoms with van der Waals surface area (Å²) in [7, 11) is 0. The molecular weight excluding hydrogens is 533 g/mol. The van der Waals surface area contributed by atoms with Crippen LogP contribution in [0.3, 0.4) is 0 Å². The molecule has 1 saturated heterocycles. The first kappa shape index (κ1) is 28.5. The highest BCUT2D eigenvalue weighted by Crippen LogP contribution is 2.41. The van der Waals surface area contributed by atoms with Crippen molar-refractivity contribution in [3.8, 4) is 17.2 Å². The Labute approximate surface area is 218 Å². The van der Waals surface area contributed by atoms with E-state index in [0.717, 1.165) is 11.0 Å². The molecule has 2 aromatic rings. The summed E-state index contributed by atoms with van der Waals surface area (Å²) in [6.45, 7) is 4.51. The summed E-state index contributed by atoms with van der Waals surface area (Å²) < 4.78 is 55.0. The number of nitro groups is 1. The van der Waals surface area contributed by atoms with Gasteiger partial charge in [0, 0.05) is 6.07 Å². The summed E-state index contributed by atoms with van der Waals surface area (Å²) in [6, 6.07) is 6.10. The Kier molecular flexibility index (Phi) is 8.66. The second-order valence-corrected chi connectivity index (χ2v) is 8.98. The van der Waals surface area contributed by atoms with Gasteiger partial charge in [-0.25, -0.2) is 0 Å².